The van der Waals surface area contributed by atoms with Crippen molar-refractivity contribution in [3.8, 4) is 5.75 Å². The third kappa shape index (κ3) is 3.03. The van der Waals surface area contributed by atoms with Gasteiger partial charge in [0.05, 0.1) is 18.3 Å². The Morgan fingerprint density at radius 3 is 3.05 bits per heavy atom. The van der Waals surface area contributed by atoms with Gasteiger partial charge in [0.25, 0.3) is 11.8 Å². The zero-order valence-corrected chi connectivity index (χ0v) is 10.6. The van der Waals surface area contributed by atoms with Crippen molar-refractivity contribution in [2.24, 2.45) is 0 Å². The second-order valence-corrected chi connectivity index (χ2v) is 4.31. The summed E-state index contributed by atoms with van der Waals surface area (Å²) in [4.78, 5) is 23.2. The molecule has 0 spiro atoms. The van der Waals surface area contributed by atoms with Crippen LogP contribution in [0.1, 0.15) is 23.7 Å². The predicted molar refractivity (Wildman–Crippen MR) is 69.2 cm³/mol. The molecule has 1 heterocycles. The summed E-state index contributed by atoms with van der Waals surface area (Å²) in [7, 11) is 0. The number of aliphatic hydroxyl groups excluding tert-OH is 1. The van der Waals surface area contributed by atoms with Gasteiger partial charge in [0.15, 0.2) is 6.61 Å². The monoisotopic (exact) mass is 264 g/mol. The molecule has 6 nitrogen and oxygen atoms in total. The highest BCUT2D eigenvalue weighted by atomic mass is 16.5. The van der Waals surface area contributed by atoms with Crippen LogP contribution in [-0.2, 0) is 4.79 Å². The number of amides is 2. The molecule has 0 aliphatic carbocycles. The second kappa shape index (κ2) is 5.71. The Morgan fingerprint density at radius 1 is 1.58 bits per heavy atom. The van der Waals surface area contributed by atoms with Gasteiger partial charge in [-0.15, -0.1) is 0 Å². The number of hydrogen-bond acceptors (Lipinski definition) is 4. The lowest BCUT2D eigenvalue weighted by Gasteiger charge is -2.19. The molecular weight excluding hydrogens is 248 g/mol. The van der Waals surface area contributed by atoms with Gasteiger partial charge in [-0.1, -0.05) is 6.92 Å². The van der Waals surface area contributed by atoms with Crippen molar-refractivity contribution in [3.63, 3.8) is 0 Å². The van der Waals surface area contributed by atoms with E-state index in [4.69, 9.17) is 9.84 Å². The van der Waals surface area contributed by atoms with Crippen LogP contribution in [0.5, 0.6) is 5.75 Å². The van der Waals surface area contributed by atoms with Crippen molar-refractivity contribution < 1.29 is 19.4 Å². The van der Waals surface area contributed by atoms with Gasteiger partial charge in [0.2, 0.25) is 0 Å². The molecule has 0 fully saturated rings. The molecule has 1 aromatic rings. The first kappa shape index (κ1) is 13.4. The van der Waals surface area contributed by atoms with E-state index < -0.39 is 0 Å². The Balaban J connectivity index is 2.15. The molecule has 0 aromatic heterocycles. The molecule has 0 unspecified atom stereocenters. The topological polar surface area (TPSA) is 87.7 Å². The molecule has 1 aliphatic rings. The van der Waals surface area contributed by atoms with Gasteiger partial charge in [-0.2, -0.15) is 0 Å². The molecule has 2 rings (SSSR count). The molecule has 0 bridgehead atoms. The number of nitrogens with one attached hydrogen (secondary N) is 2. The fourth-order valence-electron chi connectivity index (χ4n) is 1.77. The second-order valence-electron chi connectivity index (χ2n) is 4.31. The van der Waals surface area contributed by atoms with Crippen molar-refractivity contribution in [3.05, 3.63) is 23.8 Å². The normalized spacial score (nSPS) is 14.9. The van der Waals surface area contributed by atoms with Gasteiger partial charge in [-0.05, 0) is 24.6 Å². The highest BCUT2D eigenvalue weighted by Crippen LogP contribution is 2.28. The molecule has 0 radical (unpaired) electrons. The summed E-state index contributed by atoms with van der Waals surface area (Å²) in [5.41, 5.74) is 0.900. The van der Waals surface area contributed by atoms with E-state index in [1.807, 2.05) is 6.92 Å². The molecule has 0 saturated heterocycles. The number of benzene rings is 1. The van der Waals surface area contributed by atoms with E-state index in [2.05, 4.69) is 10.6 Å². The highest BCUT2D eigenvalue weighted by Gasteiger charge is 2.18. The van der Waals surface area contributed by atoms with Crippen LogP contribution >= 0.6 is 0 Å². The fraction of sp³-hybridized carbons (Fsp3) is 0.385. The van der Waals surface area contributed by atoms with Crippen LogP contribution in [0.3, 0.4) is 0 Å². The summed E-state index contributed by atoms with van der Waals surface area (Å²) in [6.07, 6.45) is 0.646. The van der Waals surface area contributed by atoms with Crippen LogP contribution in [0.25, 0.3) is 0 Å². The Labute approximate surface area is 110 Å². The maximum absolute atomic E-state index is 12.0. The summed E-state index contributed by atoms with van der Waals surface area (Å²) in [5, 5.41) is 14.4. The standard InChI is InChI=1S/C13H16N2O4/c1-2-9(6-16)14-13(18)8-3-4-11-10(5-8)15-12(17)7-19-11/h3-5,9,16H,2,6-7H2,1H3,(H,14,18)(H,15,17)/t9-/m1/s1. The minimum atomic E-state index is -0.288. The van der Waals surface area contributed by atoms with Crippen LogP contribution in [0.4, 0.5) is 5.69 Å². The highest BCUT2D eigenvalue weighted by molar-refractivity contribution is 5.99. The maximum atomic E-state index is 12.0. The summed E-state index contributed by atoms with van der Waals surface area (Å²) < 4.78 is 5.21. The van der Waals surface area contributed by atoms with Crippen molar-refractivity contribution >= 4 is 17.5 Å². The molecular formula is C13H16N2O4. The number of fused-ring (bicyclic) bond motifs is 1. The SMILES string of the molecule is CC[C@H](CO)NC(=O)c1ccc2c(c1)NC(=O)CO2. The fourth-order valence-corrected chi connectivity index (χ4v) is 1.77. The molecule has 0 saturated carbocycles. The minimum Gasteiger partial charge on any atom is -0.482 e. The molecule has 3 N–H and O–H groups in total. The smallest absolute Gasteiger partial charge is 0.262 e. The van der Waals surface area contributed by atoms with E-state index in [9.17, 15) is 9.59 Å². The number of carbonyl (C=O) groups is 2. The first-order valence-corrected chi connectivity index (χ1v) is 6.12. The number of aliphatic hydroxyl groups is 1. The van der Waals surface area contributed by atoms with Crippen molar-refractivity contribution in [1.82, 2.24) is 5.32 Å². The zero-order chi connectivity index (χ0) is 13.8. The van der Waals surface area contributed by atoms with Crippen LogP contribution < -0.4 is 15.4 Å². The Bertz CT molecular complexity index is 497. The molecule has 1 aliphatic heterocycles. The number of anilines is 1. The largest absolute Gasteiger partial charge is 0.482 e. The van der Waals surface area contributed by atoms with Gasteiger partial charge in [0.1, 0.15) is 5.75 Å². The van der Waals surface area contributed by atoms with E-state index in [1.54, 1.807) is 18.2 Å². The quantitative estimate of drug-likeness (QED) is 0.739. The van der Waals surface area contributed by atoms with E-state index in [1.165, 1.54) is 0 Å². The van der Waals surface area contributed by atoms with E-state index in [0.29, 0.717) is 23.4 Å². The van der Waals surface area contributed by atoms with Gasteiger partial charge >= 0.3 is 0 Å². The van der Waals surface area contributed by atoms with E-state index >= 15 is 0 Å². The van der Waals surface area contributed by atoms with Crippen molar-refractivity contribution in [2.75, 3.05) is 18.5 Å². The molecule has 102 valence electrons. The van der Waals surface area contributed by atoms with Gasteiger partial charge in [-0.3, -0.25) is 9.59 Å². The third-order valence-electron chi connectivity index (χ3n) is 2.92. The first-order chi connectivity index (χ1) is 9.13. The van der Waals surface area contributed by atoms with Crippen LogP contribution in [0.2, 0.25) is 0 Å². The van der Waals surface area contributed by atoms with Crippen LogP contribution in [-0.4, -0.2) is 36.2 Å². The third-order valence-corrected chi connectivity index (χ3v) is 2.92. The van der Waals surface area contributed by atoms with Crippen molar-refractivity contribution in [1.29, 1.82) is 0 Å². The van der Waals surface area contributed by atoms with E-state index in [-0.39, 0.29) is 31.1 Å². The molecule has 19 heavy (non-hydrogen) atoms. The minimum absolute atomic E-state index is 0.0129. The summed E-state index contributed by atoms with van der Waals surface area (Å²) >= 11 is 0. The van der Waals surface area contributed by atoms with Crippen molar-refractivity contribution in [2.45, 2.75) is 19.4 Å². The number of ether oxygens (including phenoxy) is 1. The lowest BCUT2D eigenvalue weighted by atomic mass is 10.1. The van der Waals surface area contributed by atoms with Gasteiger partial charge in [0, 0.05) is 5.56 Å². The molecule has 2 amide bonds. The van der Waals surface area contributed by atoms with Gasteiger partial charge < -0.3 is 20.5 Å². The number of carbonyl (C=O) groups excluding carboxylic acids is 2. The average molecular weight is 264 g/mol. The Kier molecular flexibility index (Phi) is 4.01. The zero-order valence-electron chi connectivity index (χ0n) is 10.6. The maximum Gasteiger partial charge on any atom is 0.262 e. The Morgan fingerprint density at radius 2 is 2.37 bits per heavy atom. The predicted octanol–water partition coefficient (Wildman–Crippen LogP) is 0.518. The van der Waals surface area contributed by atoms with E-state index in [0.717, 1.165) is 0 Å². The van der Waals surface area contributed by atoms with Crippen LogP contribution in [0.15, 0.2) is 18.2 Å². The number of rotatable bonds is 4. The lowest BCUT2D eigenvalue weighted by molar-refractivity contribution is -0.118. The summed E-state index contributed by atoms with van der Waals surface area (Å²) in [6, 6.07) is 4.56. The Hall–Kier alpha value is -2.08. The molecule has 1 atom stereocenters. The summed E-state index contributed by atoms with van der Waals surface area (Å²) in [5.74, 6) is 0.0146. The lowest BCUT2D eigenvalue weighted by Crippen LogP contribution is -2.37. The number of hydrogen-bond donors (Lipinski definition) is 3. The average Bonchev–Trinajstić information content (AvgIpc) is 2.43. The molecule has 6 heteroatoms. The van der Waals surface area contributed by atoms with Gasteiger partial charge in [-0.25, -0.2) is 0 Å². The molecule has 1 aromatic carbocycles. The summed E-state index contributed by atoms with van der Waals surface area (Å²) in [6.45, 7) is 1.76. The van der Waals surface area contributed by atoms with Crippen LogP contribution in [0, 0.1) is 0 Å². The first-order valence-electron chi connectivity index (χ1n) is 6.12.